The highest BCUT2D eigenvalue weighted by Crippen LogP contribution is 2.37. The molecule has 1 aliphatic carbocycles. The van der Waals surface area contributed by atoms with Crippen molar-refractivity contribution in [1.29, 1.82) is 0 Å². The van der Waals surface area contributed by atoms with Crippen molar-refractivity contribution in [3.8, 4) is 5.75 Å². The van der Waals surface area contributed by atoms with E-state index in [2.05, 4.69) is 6.08 Å². The van der Waals surface area contributed by atoms with E-state index in [1.54, 1.807) is 0 Å². The number of amides is 2. The van der Waals surface area contributed by atoms with E-state index in [1.165, 1.54) is 5.06 Å². The van der Waals surface area contributed by atoms with Crippen molar-refractivity contribution in [2.75, 3.05) is 18.0 Å². The Kier molecular flexibility index (Phi) is 7.93. The highest BCUT2D eigenvalue weighted by molar-refractivity contribution is 6.07. The van der Waals surface area contributed by atoms with Gasteiger partial charge in [0.15, 0.2) is 5.75 Å². The van der Waals surface area contributed by atoms with Crippen LogP contribution >= 0.6 is 0 Å². The molecule has 4 rings (SSSR count). The van der Waals surface area contributed by atoms with Gasteiger partial charge in [0, 0.05) is 13.1 Å². The molecule has 0 spiro atoms. The number of hydrogen-bond acceptors (Lipinski definition) is 4. The van der Waals surface area contributed by atoms with Crippen molar-refractivity contribution in [2.24, 2.45) is 0 Å². The minimum Gasteiger partial charge on any atom is -0.455 e. The molecule has 1 heterocycles. The van der Waals surface area contributed by atoms with Crippen LogP contribution in [-0.4, -0.2) is 30.5 Å². The lowest BCUT2D eigenvalue weighted by atomic mass is 10.0. The molecule has 0 atom stereocenters. The summed E-state index contributed by atoms with van der Waals surface area (Å²) in [7, 11) is 0. The Morgan fingerprint density at radius 1 is 1.00 bits per heavy atom. The van der Waals surface area contributed by atoms with Gasteiger partial charge >= 0.3 is 0 Å². The third-order valence-electron chi connectivity index (χ3n) is 5.87. The van der Waals surface area contributed by atoms with Gasteiger partial charge in [-0.3, -0.25) is 14.4 Å². The van der Waals surface area contributed by atoms with Crippen LogP contribution in [0.5, 0.6) is 5.75 Å². The smallest absolute Gasteiger partial charge is 0.258 e. The van der Waals surface area contributed by atoms with Gasteiger partial charge in [-0.05, 0) is 49.5 Å². The van der Waals surface area contributed by atoms with E-state index in [9.17, 15) is 9.59 Å². The second-order valence-corrected chi connectivity index (χ2v) is 8.23. The monoisotopic (exact) mass is 446 g/mol. The first kappa shape index (κ1) is 22.8. The Morgan fingerprint density at radius 3 is 2.64 bits per heavy atom. The summed E-state index contributed by atoms with van der Waals surface area (Å²) in [4.78, 5) is 32.0. The molecule has 2 aromatic rings. The molecule has 2 amide bonds. The molecule has 0 saturated heterocycles. The largest absolute Gasteiger partial charge is 0.455 e. The standard InChI is InChI=1S/C27H30N2O4/c30-21-28(32-20-22-12-4-3-5-13-22)18-10-1-2-11-19-29-24-15-7-9-17-26(24)33-25-16-8-6-14-23(25)27(29)31/h3-5,7-9,12-13,15-17,21H,1-2,6,10-11,14,18-20H2. The summed E-state index contributed by atoms with van der Waals surface area (Å²) in [5.74, 6) is 1.44. The SMILES string of the molecule is O=CN(CCCCCCN1C(=O)C2=C(C=CCC2)Oc2ccccc21)OCc1ccccc1. The number of rotatable bonds is 11. The summed E-state index contributed by atoms with van der Waals surface area (Å²) < 4.78 is 6.08. The average Bonchev–Trinajstić information content (AvgIpc) is 2.98. The molecule has 172 valence electrons. The molecule has 2 aliphatic rings. The zero-order chi connectivity index (χ0) is 22.9. The van der Waals surface area contributed by atoms with Gasteiger partial charge in [0.25, 0.3) is 5.91 Å². The fourth-order valence-electron chi connectivity index (χ4n) is 4.10. The second-order valence-electron chi connectivity index (χ2n) is 8.23. The number of carbonyl (C=O) groups excluding carboxylic acids is 2. The minimum absolute atomic E-state index is 0.0424. The zero-order valence-electron chi connectivity index (χ0n) is 18.8. The second kappa shape index (κ2) is 11.5. The van der Waals surface area contributed by atoms with Crippen molar-refractivity contribution in [1.82, 2.24) is 5.06 Å². The third kappa shape index (κ3) is 5.90. The van der Waals surface area contributed by atoms with Gasteiger partial charge in [-0.2, -0.15) is 0 Å². The van der Waals surface area contributed by atoms with Gasteiger partial charge in [-0.25, -0.2) is 5.06 Å². The van der Waals surface area contributed by atoms with Crippen LogP contribution in [0, 0.1) is 0 Å². The van der Waals surface area contributed by atoms with E-state index < -0.39 is 0 Å². The first-order chi connectivity index (χ1) is 16.3. The van der Waals surface area contributed by atoms with E-state index in [4.69, 9.17) is 9.57 Å². The number of benzene rings is 2. The highest BCUT2D eigenvalue weighted by atomic mass is 16.7. The quantitative estimate of drug-likeness (QED) is 0.272. The van der Waals surface area contributed by atoms with Gasteiger partial charge in [0.1, 0.15) is 12.4 Å². The number of ether oxygens (including phenoxy) is 1. The summed E-state index contributed by atoms with van der Waals surface area (Å²) in [6.07, 6.45) is 9.91. The molecule has 0 aromatic heterocycles. The predicted molar refractivity (Wildman–Crippen MR) is 127 cm³/mol. The normalized spacial score (nSPS) is 14.9. The number of para-hydroxylation sites is 2. The molecule has 2 aromatic carbocycles. The molecule has 0 unspecified atom stereocenters. The summed E-state index contributed by atoms with van der Waals surface area (Å²) in [6.45, 7) is 1.57. The van der Waals surface area contributed by atoms with Crippen molar-refractivity contribution < 1.29 is 19.2 Å². The molecule has 1 aliphatic heterocycles. The number of unbranched alkanes of at least 4 members (excludes halogenated alkanes) is 3. The first-order valence-electron chi connectivity index (χ1n) is 11.6. The molecule has 0 fully saturated rings. The topological polar surface area (TPSA) is 59.1 Å². The number of carbonyl (C=O) groups is 2. The predicted octanol–water partition coefficient (Wildman–Crippen LogP) is 5.17. The van der Waals surface area contributed by atoms with Crippen molar-refractivity contribution in [3.63, 3.8) is 0 Å². The lowest BCUT2D eigenvalue weighted by Crippen LogP contribution is -2.33. The molecule has 0 bridgehead atoms. The van der Waals surface area contributed by atoms with Crippen LogP contribution in [0.1, 0.15) is 44.1 Å². The zero-order valence-corrected chi connectivity index (χ0v) is 18.8. The van der Waals surface area contributed by atoms with E-state index in [0.29, 0.717) is 31.9 Å². The fourth-order valence-corrected chi connectivity index (χ4v) is 4.10. The maximum absolute atomic E-state index is 13.3. The summed E-state index contributed by atoms with van der Waals surface area (Å²) in [6, 6.07) is 17.5. The van der Waals surface area contributed by atoms with Crippen LogP contribution < -0.4 is 9.64 Å². The molecule has 0 saturated carbocycles. The molecular weight excluding hydrogens is 416 g/mol. The van der Waals surface area contributed by atoms with Gasteiger partial charge in [-0.1, -0.05) is 61.4 Å². The van der Waals surface area contributed by atoms with Gasteiger partial charge in [-0.15, -0.1) is 0 Å². The van der Waals surface area contributed by atoms with E-state index in [1.807, 2.05) is 65.6 Å². The summed E-state index contributed by atoms with van der Waals surface area (Å²) in [5.41, 5.74) is 2.61. The van der Waals surface area contributed by atoms with Gasteiger partial charge in [0.2, 0.25) is 6.41 Å². The molecule has 6 heteroatoms. The molecule has 33 heavy (non-hydrogen) atoms. The van der Waals surface area contributed by atoms with E-state index in [-0.39, 0.29) is 5.91 Å². The van der Waals surface area contributed by atoms with Crippen LogP contribution in [-0.2, 0) is 21.0 Å². The average molecular weight is 447 g/mol. The van der Waals surface area contributed by atoms with Crippen LogP contribution in [0.3, 0.4) is 0 Å². The first-order valence-corrected chi connectivity index (χ1v) is 11.6. The molecule has 6 nitrogen and oxygen atoms in total. The van der Waals surface area contributed by atoms with Crippen molar-refractivity contribution in [3.05, 3.63) is 83.6 Å². The number of fused-ring (bicyclic) bond motifs is 1. The Bertz CT molecular complexity index is 1020. The number of nitrogens with zero attached hydrogens (tertiary/aromatic N) is 2. The Labute approximate surface area is 195 Å². The van der Waals surface area contributed by atoms with E-state index in [0.717, 1.165) is 61.1 Å². The number of allylic oxidation sites excluding steroid dienone is 2. The van der Waals surface area contributed by atoms with Crippen molar-refractivity contribution in [2.45, 2.75) is 45.1 Å². The Hall–Kier alpha value is -3.38. The van der Waals surface area contributed by atoms with Crippen LogP contribution in [0.4, 0.5) is 5.69 Å². The Balaban J connectivity index is 1.25. The van der Waals surface area contributed by atoms with E-state index >= 15 is 0 Å². The van der Waals surface area contributed by atoms with Crippen LogP contribution in [0.25, 0.3) is 0 Å². The lowest BCUT2D eigenvalue weighted by molar-refractivity contribution is -0.177. The third-order valence-corrected chi connectivity index (χ3v) is 5.87. The maximum atomic E-state index is 13.3. The molecular formula is C27H30N2O4. The summed E-state index contributed by atoms with van der Waals surface area (Å²) >= 11 is 0. The fraction of sp³-hybridized carbons (Fsp3) is 0.333. The van der Waals surface area contributed by atoms with Crippen LogP contribution in [0.15, 0.2) is 78.1 Å². The summed E-state index contributed by atoms with van der Waals surface area (Å²) in [5, 5.41) is 1.36. The number of hydrogen-bond donors (Lipinski definition) is 0. The van der Waals surface area contributed by atoms with Gasteiger partial charge < -0.3 is 9.64 Å². The van der Waals surface area contributed by atoms with Gasteiger partial charge in [0.05, 0.1) is 11.3 Å². The van der Waals surface area contributed by atoms with Crippen molar-refractivity contribution >= 4 is 18.0 Å². The molecule has 0 N–H and O–H groups in total. The number of anilines is 1. The molecule has 0 radical (unpaired) electrons. The van der Waals surface area contributed by atoms with Crippen LogP contribution in [0.2, 0.25) is 0 Å². The Morgan fingerprint density at radius 2 is 1.79 bits per heavy atom. The lowest BCUT2D eigenvalue weighted by Gasteiger charge is -2.23. The minimum atomic E-state index is 0.0424. The highest BCUT2D eigenvalue weighted by Gasteiger charge is 2.29. The number of hydroxylamine groups is 2. The maximum Gasteiger partial charge on any atom is 0.258 e.